The van der Waals surface area contributed by atoms with Gasteiger partial charge in [0.15, 0.2) is 6.61 Å². The van der Waals surface area contributed by atoms with E-state index in [1.54, 1.807) is 6.92 Å². The van der Waals surface area contributed by atoms with Gasteiger partial charge in [-0.1, -0.05) is 28.1 Å². The van der Waals surface area contributed by atoms with E-state index in [0.717, 1.165) is 10.0 Å². The van der Waals surface area contributed by atoms with Crippen molar-refractivity contribution in [3.05, 3.63) is 62.6 Å². The molecular formula is C22H26BrN3O6. The molecule has 0 aromatic heterocycles. The summed E-state index contributed by atoms with van der Waals surface area (Å²) in [6, 6.07) is 10.6. The number of nitro groups is 1. The highest BCUT2D eigenvalue weighted by atomic mass is 79.9. The zero-order valence-corrected chi connectivity index (χ0v) is 19.9. The molecule has 2 aromatic rings. The molecule has 0 aliphatic heterocycles. The Kier molecular flexibility index (Phi) is 9.01. The summed E-state index contributed by atoms with van der Waals surface area (Å²) in [6.45, 7) is 5.21. The Morgan fingerprint density at radius 2 is 1.81 bits per heavy atom. The molecule has 0 heterocycles. The number of carbonyl (C=O) groups is 2. The lowest BCUT2D eigenvalue weighted by Crippen LogP contribution is -2.50. The average molecular weight is 508 g/mol. The van der Waals surface area contributed by atoms with Crippen LogP contribution in [0, 0.1) is 10.1 Å². The molecule has 0 aliphatic carbocycles. The molecule has 0 radical (unpaired) electrons. The van der Waals surface area contributed by atoms with Crippen molar-refractivity contribution in [3.8, 4) is 11.5 Å². The van der Waals surface area contributed by atoms with Gasteiger partial charge in [-0.05, 0) is 44.5 Å². The fourth-order valence-electron chi connectivity index (χ4n) is 2.90. The number of hydrogen-bond donors (Lipinski definition) is 1. The summed E-state index contributed by atoms with van der Waals surface area (Å²) < 4.78 is 11.5. The van der Waals surface area contributed by atoms with Crippen molar-refractivity contribution in [1.82, 2.24) is 10.2 Å². The predicted octanol–water partition coefficient (Wildman–Crippen LogP) is 3.69. The molecule has 32 heavy (non-hydrogen) atoms. The maximum absolute atomic E-state index is 13.0. The highest BCUT2D eigenvalue weighted by molar-refractivity contribution is 9.10. The summed E-state index contributed by atoms with van der Waals surface area (Å²) in [5.41, 5.74) is 0.643. The van der Waals surface area contributed by atoms with Crippen molar-refractivity contribution in [2.24, 2.45) is 0 Å². The Bertz CT molecular complexity index is 965. The summed E-state index contributed by atoms with van der Waals surface area (Å²) in [5, 5.41) is 13.9. The van der Waals surface area contributed by atoms with Crippen molar-refractivity contribution in [2.45, 2.75) is 39.4 Å². The van der Waals surface area contributed by atoms with Crippen molar-refractivity contribution in [1.29, 1.82) is 0 Å². The second-order valence-electron chi connectivity index (χ2n) is 7.37. The van der Waals surface area contributed by atoms with Crippen LogP contribution in [0.25, 0.3) is 0 Å². The fourth-order valence-corrected chi connectivity index (χ4v) is 3.17. The number of rotatable bonds is 10. The first-order chi connectivity index (χ1) is 15.1. The van der Waals surface area contributed by atoms with E-state index >= 15 is 0 Å². The molecule has 0 spiro atoms. The summed E-state index contributed by atoms with van der Waals surface area (Å²) in [6.07, 6.45) is 0. The van der Waals surface area contributed by atoms with Gasteiger partial charge in [0.1, 0.15) is 11.8 Å². The topological polar surface area (TPSA) is 111 Å². The third-order valence-corrected chi connectivity index (χ3v) is 5.10. The first kappa shape index (κ1) is 25.1. The van der Waals surface area contributed by atoms with E-state index in [9.17, 15) is 19.7 Å². The Morgan fingerprint density at radius 3 is 2.38 bits per heavy atom. The number of nitrogens with one attached hydrogen (secondary N) is 1. The van der Waals surface area contributed by atoms with Gasteiger partial charge in [-0.15, -0.1) is 0 Å². The van der Waals surface area contributed by atoms with Gasteiger partial charge in [-0.3, -0.25) is 19.7 Å². The van der Waals surface area contributed by atoms with Gasteiger partial charge >= 0.3 is 5.69 Å². The number of benzene rings is 2. The number of amides is 2. The lowest BCUT2D eigenvalue weighted by atomic mass is 10.1. The molecule has 1 N–H and O–H groups in total. The zero-order chi connectivity index (χ0) is 23.8. The van der Waals surface area contributed by atoms with Crippen LogP contribution in [0.1, 0.15) is 26.3 Å². The Morgan fingerprint density at radius 1 is 1.16 bits per heavy atom. The van der Waals surface area contributed by atoms with Crippen LogP contribution in [0.4, 0.5) is 5.69 Å². The second-order valence-corrected chi connectivity index (χ2v) is 8.28. The minimum Gasteiger partial charge on any atom is -0.490 e. The minimum absolute atomic E-state index is 0.0244. The predicted molar refractivity (Wildman–Crippen MR) is 123 cm³/mol. The van der Waals surface area contributed by atoms with Crippen LogP contribution in [-0.2, 0) is 16.1 Å². The molecule has 10 heteroatoms. The van der Waals surface area contributed by atoms with E-state index in [-0.39, 0.29) is 42.3 Å². The van der Waals surface area contributed by atoms with Gasteiger partial charge in [-0.2, -0.15) is 0 Å². The van der Waals surface area contributed by atoms with Gasteiger partial charge in [0.05, 0.1) is 12.0 Å². The molecule has 0 aliphatic rings. The van der Waals surface area contributed by atoms with Gasteiger partial charge in [0, 0.05) is 29.2 Å². The first-order valence-electron chi connectivity index (χ1n) is 9.92. The summed E-state index contributed by atoms with van der Waals surface area (Å²) in [5.74, 6) is -0.417. The quantitative estimate of drug-likeness (QED) is 0.387. The fraction of sp³-hybridized carbons (Fsp3) is 0.364. The largest absolute Gasteiger partial charge is 0.490 e. The number of hydrogen-bond acceptors (Lipinski definition) is 6. The van der Waals surface area contributed by atoms with Crippen LogP contribution >= 0.6 is 15.9 Å². The monoisotopic (exact) mass is 507 g/mol. The molecule has 9 nitrogen and oxygen atoms in total. The standard InChI is InChI=1S/C22H26BrN3O6/c1-14(2)24-22(28)15(3)25(12-16-5-7-17(23)8-6-16)21(27)13-32-18-9-10-19(26(29)30)20(11-18)31-4/h5-11,14-15H,12-13H2,1-4H3,(H,24,28)/t15-/m0/s1. The summed E-state index contributed by atoms with van der Waals surface area (Å²) in [4.78, 5) is 37.5. The number of ether oxygens (including phenoxy) is 2. The molecule has 2 aromatic carbocycles. The van der Waals surface area contributed by atoms with Crippen LogP contribution in [0.5, 0.6) is 11.5 Å². The highest BCUT2D eigenvalue weighted by Crippen LogP contribution is 2.30. The van der Waals surface area contributed by atoms with Crippen LogP contribution in [-0.4, -0.2) is 47.4 Å². The summed E-state index contributed by atoms with van der Waals surface area (Å²) in [7, 11) is 1.31. The number of halogens is 1. The Labute approximate surface area is 195 Å². The third kappa shape index (κ3) is 6.94. The number of carbonyl (C=O) groups excluding carboxylic acids is 2. The van der Waals surface area contributed by atoms with Gasteiger partial charge in [-0.25, -0.2) is 0 Å². The third-order valence-electron chi connectivity index (χ3n) is 4.57. The molecule has 172 valence electrons. The van der Waals surface area contributed by atoms with Crippen molar-refractivity contribution < 1.29 is 24.0 Å². The average Bonchev–Trinajstić information content (AvgIpc) is 2.75. The van der Waals surface area contributed by atoms with E-state index in [2.05, 4.69) is 21.2 Å². The van der Waals surface area contributed by atoms with Crippen molar-refractivity contribution >= 4 is 33.4 Å². The Hall–Kier alpha value is -3.14. The van der Waals surface area contributed by atoms with Crippen molar-refractivity contribution in [2.75, 3.05) is 13.7 Å². The lowest BCUT2D eigenvalue weighted by Gasteiger charge is -2.29. The van der Waals surface area contributed by atoms with E-state index < -0.39 is 16.9 Å². The van der Waals surface area contributed by atoms with E-state index in [4.69, 9.17) is 9.47 Å². The maximum Gasteiger partial charge on any atom is 0.311 e. The maximum atomic E-state index is 13.0. The van der Waals surface area contributed by atoms with Crippen molar-refractivity contribution in [3.63, 3.8) is 0 Å². The Balaban J connectivity index is 2.18. The number of methoxy groups -OCH3 is 1. The molecule has 2 rings (SSSR count). The SMILES string of the molecule is COc1cc(OCC(=O)N(Cc2ccc(Br)cc2)[C@@H](C)C(=O)NC(C)C)ccc1[N+](=O)[O-]. The van der Waals surface area contributed by atoms with Gasteiger partial charge in [0.2, 0.25) is 11.7 Å². The molecule has 0 bridgehead atoms. The van der Waals surface area contributed by atoms with E-state index in [1.165, 1.54) is 30.2 Å². The lowest BCUT2D eigenvalue weighted by molar-refractivity contribution is -0.385. The van der Waals surface area contributed by atoms with Crippen LogP contribution in [0.15, 0.2) is 46.9 Å². The van der Waals surface area contributed by atoms with Crippen LogP contribution < -0.4 is 14.8 Å². The van der Waals surface area contributed by atoms with E-state index in [0.29, 0.717) is 0 Å². The molecule has 0 saturated carbocycles. The molecule has 0 fully saturated rings. The van der Waals surface area contributed by atoms with Crippen LogP contribution in [0.3, 0.4) is 0 Å². The number of nitrogens with zero attached hydrogens (tertiary/aromatic N) is 2. The smallest absolute Gasteiger partial charge is 0.311 e. The number of nitro benzene ring substituents is 1. The van der Waals surface area contributed by atoms with E-state index in [1.807, 2.05) is 38.1 Å². The summed E-state index contributed by atoms with van der Waals surface area (Å²) >= 11 is 3.38. The molecular weight excluding hydrogens is 482 g/mol. The highest BCUT2D eigenvalue weighted by Gasteiger charge is 2.27. The molecule has 2 amide bonds. The second kappa shape index (κ2) is 11.5. The first-order valence-corrected chi connectivity index (χ1v) is 10.7. The van der Waals surface area contributed by atoms with Gasteiger partial charge < -0.3 is 19.7 Å². The normalized spacial score (nSPS) is 11.6. The minimum atomic E-state index is -0.733. The van der Waals surface area contributed by atoms with Gasteiger partial charge in [0.25, 0.3) is 5.91 Å². The molecule has 1 atom stereocenters. The molecule has 0 unspecified atom stereocenters. The molecule has 0 saturated heterocycles. The van der Waals surface area contributed by atoms with Crippen LogP contribution in [0.2, 0.25) is 0 Å². The zero-order valence-electron chi connectivity index (χ0n) is 18.3.